The van der Waals surface area contributed by atoms with Crippen molar-refractivity contribution in [2.45, 2.75) is 57.7 Å². The van der Waals surface area contributed by atoms with Crippen LogP contribution in [0.4, 0.5) is 0 Å². The molecule has 0 bridgehead atoms. The SMILES string of the molecule is COc1ccc(CC(=O)N(Cc2ccc(Cl)cc2)[C@H](C)C(=O)NC2CCCC2)cc1. The Hall–Kier alpha value is -2.53. The summed E-state index contributed by atoms with van der Waals surface area (Å²) in [6.45, 7) is 2.15. The van der Waals surface area contributed by atoms with Gasteiger partial charge in [-0.15, -0.1) is 0 Å². The van der Waals surface area contributed by atoms with Crippen molar-refractivity contribution >= 4 is 23.4 Å². The maximum absolute atomic E-state index is 13.2. The van der Waals surface area contributed by atoms with Crippen LogP contribution in [0, 0.1) is 0 Å². The average molecular weight is 429 g/mol. The molecule has 160 valence electrons. The van der Waals surface area contributed by atoms with Crippen LogP contribution in [0.1, 0.15) is 43.7 Å². The lowest BCUT2D eigenvalue weighted by atomic mass is 10.1. The Morgan fingerprint density at radius 3 is 2.27 bits per heavy atom. The Kier molecular flexibility index (Phi) is 7.75. The molecule has 0 heterocycles. The topological polar surface area (TPSA) is 58.6 Å². The second-order valence-electron chi connectivity index (χ2n) is 7.84. The molecule has 0 aliphatic heterocycles. The summed E-state index contributed by atoms with van der Waals surface area (Å²) in [6, 6.07) is 14.4. The molecule has 1 N–H and O–H groups in total. The standard InChI is InChI=1S/C24H29ClN2O3/c1-17(24(29)26-21-5-3-4-6-21)27(16-19-7-11-20(25)12-8-19)23(28)15-18-9-13-22(30-2)14-10-18/h7-14,17,21H,3-6,15-16H2,1-2H3,(H,26,29)/t17-/m1/s1. The predicted molar refractivity (Wildman–Crippen MR) is 119 cm³/mol. The number of methoxy groups -OCH3 is 1. The molecule has 0 saturated heterocycles. The van der Waals surface area contributed by atoms with Crippen LogP contribution in [0.3, 0.4) is 0 Å². The maximum atomic E-state index is 13.2. The summed E-state index contributed by atoms with van der Waals surface area (Å²) in [5.74, 6) is 0.552. The minimum atomic E-state index is -0.563. The minimum absolute atomic E-state index is 0.0933. The number of carbonyl (C=O) groups excluding carboxylic acids is 2. The van der Waals surface area contributed by atoms with Crippen molar-refractivity contribution in [3.05, 3.63) is 64.7 Å². The first-order valence-corrected chi connectivity index (χ1v) is 10.8. The summed E-state index contributed by atoms with van der Waals surface area (Å²) >= 11 is 6.00. The lowest BCUT2D eigenvalue weighted by molar-refractivity contribution is -0.140. The molecule has 1 fully saturated rings. The molecule has 1 atom stereocenters. The van der Waals surface area contributed by atoms with Gasteiger partial charge < -0.3 is 15.0 Å². The summed E-state index contributed by atoms with van der Waals surface area (Å²) in [5, 5.41) is 3.76. The molecule has 0 spiro atoms. The zero-order valence-corrected chi connectivity index (χ0v) is 18.3. The van der Waals surface area contributed by atoms with E-state index in [1.807, 2.05) is 36.4 Å². The van der Waals surface area contributed by atoms with Gasteiger partial charge >= 0.3 is 0 Å². The second-order valence-corrected chi connectivity index (χ2v) is 8.28. The van der Waals surface area contributed by atoms with E-state index in [0.29, 0.717) is 11.6 Å². The molecule has 2 aromatic carbocycles. The highest BCUT2D eigenvalue weighted by Gasteiger charge is 2.28. The van der Waals surface area contributed by atoms with Crippen LogP contribution in [0.15, 0.2) is 48.5 Å². The smallest absolute Gasteiger partial charge is 0.242 e. The van der Waals surface area contributed by atoms with E-state index in [4.69, 9.17) is 16.3 Å². The maximum Gasteiger partial charge on any atom is 0.242 e. The third kappa shape index (κ3) is 5.99. The lowest BCUT2D eigenvalue weighted by Gasteiger charge is -2.30. The molecule has 1 aliphatic rings. The van der Waals surface area contributed by atoms with Crippen LogP contribution in [-0.4, -0.2) is 35.9 Å². The minimum Gasteiger partial charge on any atom is -0.497 e. The van der Waals surface area contributed by atoms with Gasteiger partial charge in [0, 0.05) is 17.6 Å². The number of ether oxygens (including phenoxy) is 1. The Labute approximate surface area is 183 Å². The molecule has 30 heavy (non-hydrogen) atoms. The van der Waals surface area contributed by atoms with E-state index < -0.39 is 6.04 Å². The van der Waals surface area contributed by atoms with Crippen LogP contribution >= 0.6 is 11.6 Å². The first-order valence-electron chi connectivity index (χ1n) is 10.4. The molecular weight excluding hydrogens is 400 g/mol. The highest BCUT2D eigenvalue weighted by atomic mass is 35.5. The predicted octanol–water partition coefficient (Wildman–Crippen LogP) is 4.37. The fourth-order valence-corrected chi connectivity index (χ4v) is 3.91. The number of rotatable bonds is 8. The van der Waals surface area contributed by atoms with Gasteiger partial charge in [0.25, 0.3) is 0 Å². The van der Waals surface area contributed by atoms with Gasteiger partial charge in [0.05, 0.1) is 13.5 Å². The molecule has 6 heteroatoms. The first-order chi connectivity index (χ1) is 14.5. The first kappa shape index (κ1) is 22.2. The van der Waals surface area contributed by atoms with Gasteiger partial charge in [-0.25, -0.2) is 0 Å². The summed E-state index contributed by atoms with van der Waals surface area (Å²) < 4.78 is 5.18. The zero-order valence-electron chi connectivity index (χ0n) is 17.6. The number of hydrogen-bond donors (Lipinski definition) is 1. The van der Waals surface area contributed by atoms with Crippen molar-refractivity contribution in [1.82, 2.24) is 10.2 Å². The Bertz CT molecular complexity index is 846. The van der Waals surface area contributed by atoms with E-state index in [1.165, 1.54) is 0 Å². The fraction of sp³-hybridized carbons (Fsp3) is 0.417. The van der Waals surface area contributed by atoms with Crippen molar-refractivity contribution < 1.29 is 14.3 Å². The number of carbonyl (C=O) groups is 2. The largest absolute Gasteiger partial charge is 0.497 e. The van der Waals surface area contributed by atoms with Crippen LogP contribution in [0.25, 0.3) is 0 Å². The van der Waals surface area contributed by atoms with Gasteiger partial charge in [-0.3, -0.25) is 9.59 Å². The highest BCUT2D eigenvalue weighted by molar-refractivity contribution is 6.30. The molecule has 3 rings (SSSR count). The van der Waals surface area contributed by atoms with E-state index in [0.717, 1.165) is 42.6 Å². The van der Waals surface area contributed by atoms with Gasteiger partial charge in [0.1, 0.15) is 11.8 Å². The number of hydrogen-bond acceptors (Lipinski definition) is 3. The van der Waals surface area contributed by atoms with Crippen molar-refractivity contribution in [3.63, 3.8) is 0 Å². The summed E-state index contributed by atoms with van der Waals surface area (Å²) in [6.07, 6.45) is 4.53. The molecule has 2 aromatic rings. The Morgan fingerprint density at radius 2 is 1.67 bits per heavy atom. The molecule has 1 saturated carbocycles. The van der Waals surface area contributed by atoms with Crippen molar-refractivity contribution in [2.75, 3.05) is 7.11 Å². The van der Waals surface area contributed by atoms with E-state index >= 15 is 0 Å². The van der Waals surface area contributed by atoms with Gasteiger partial charge in [-0.1, -0.05) is 48.7 Å². The van der Waals surface area contributed by atoms with Gasteiger partial charge in [-0.2, -0.15) is 0 Å². The highest BCUT2D eigenvalue weighted by Crippen LogP contribution is 2.20. The Morgan fingerprint density at radius 1 is 1.07 bits per heavy atom. The normalized spacial score (nSPS) is 14.9. The van der Waals surface area contributed by atoms with E-state index in [1.54, 1.807) is 31.1 Å². The number of benzene rings is 2. The second kappa shape index (κ2) is 10.5. The average Bonchev–Trinajstić information content (AvgIpc) is 3.26. The number of halogens is 1. The van der Waals surface area contributed by atoms with E-state index in [9.17, 15) is 9.59 Å². The van der Waals surface area contributed by atoms with E-state index in [2.05, 4.69) is 5.32 Å². The van der Waals surface area contributed by atoms with Crippen molar-refractivity contribution in [2.24, 2.45) is 0 Å². The van der Waals surface area contributed by atoms with E-state index in [-0.39, 0.29) is 24.3 Å². The summed E-state index contributed by atoms with van der Waals surface area (Å²) in [7, 11) is 1.61. The third-order valence-electron chi connectivity index (χ3n) is 5.65. The Balaban J connectivity index is 1.74. The van der Waals surface area contributed by atoms with Gasteiger partial charge in [0.15, 0.2) is 0 Å². The molecule has 0 aromatic heterocycles. The van der Waals surface area contributed by atoms with Gasteiger partial charge in [0.2, 0.25) is 11.8 Å². The van der Waals surface area contributed by atoms with Crippen LogP contribution in [0.2, 0.25) is 5.02 Å². The molecular formula is C24H29ClN2O3. The molecule has 5 nitrogen and oxygen atoms in total. The number of nitrogens with zero attached hydrogens (tertiary/aromatic N) is 1. The fourth-order valence-electron chi connectivity index (χ4n) is 3.78. The summed E-state index contributed by atoms with van der Waals surface area (Å²) in [5.41, 5.74) is 1.81. The van der Waals surface area contributed by atoms with Crippen molar-refractivity contribution in [3.8, 4) is 5.75 Å². The molecule has 0 unspecified atom stereocenters. The lowest BCUT2D eigenvalue weighted by Crippen LogP contribution is -2.50. The molecule has 2 amide bonds. The van der Waals surface area contributed by atoms with Crippen LogP contribution < -0.4 is 10.1 Å². The summed E-state index contributed by atoms with van der Waals surface area (Å²) in [4.78, 5) is 27.7. The third-order valence-corrected chi connectivity index (χ3v) is 5.90. The number of nitrogens with one attached hydrogen (secondary N) is 1. The zero-order chi connectivity index (χ0) is 21.5. The molecule has 0 radical (unpaired) electrons. The van der Waals surface area contributed by atoms with Crippen molar-refractivity contribution in [1.29, 1.82) is 0 Å². The van der Waals surface area contributed by atoms with Gasteiger partial charge in [-0.05, 0) is 55.2 Å². The van der Waals surface area contributed by atoms with Crippen LogP contribution in [0.5, 0.6) is 5.75 Å². The van der Waals surface area contributed by atoms with Crippen LogP contribution in [-0.2, 0) is 22.6 Å². The quantitative estimate of drug-likeness (QED) is 0.679. The molecule has 1 aliphatic carbocycles. The number of amides is 2. The monoisotopic (exact) mass is 428 g/mol.